The Morgan fingerprint density at radius 3 is 0.818 bits per heavy atom. The summed E-state index contributed by atoms with van der Waals surface area (Å²) >= 11 is 0. The molecule has 0 aliphatic rings. The molecule has 0 amide bonds. The second-order valence-corrected chi connectivity index (χ2v) is 12.3. The van der Waals surface area contributed by atoms with Crippen LogP contribution in [0.1, 0.15) is 106 Å². The number of aromatic nitrogens is 2. The van der Waals surface area contributed by atoms with Crippen molar-refractivity contribution in [3.63, 3.8) is 0 Å². The van der Waals surface area contributed by atoms with Gasteiger partial charge in [0.15, 0.2) is 0 Å². The Morgan fingerprint density at radius 2 is 0.727 bits per heavy atom. The monoisotopic (exact) mass is 492 g/mol. The summed E-state index contributed by atoms with van der Waals surface area (Å²) in [6.07, 6.45) is 0. The van der Waals surface area contributed by atoms with Gasteiger partial charge in [0.25, 0.3) is 0 Å². The molecule has 2 rings (SSSR count). The van der Waals surface area contributed by atoms with E-state index < -0.39 is 0 Å². The van der Waals surface area contributed by atoms with Crippen molar-refractivity contribution in [2.75, 3.05) is 28.2 Å². The molecule has 5 heteroatoms. The maximum Gasteiger partial charge on any atom is 4.00 e. The van der Waals surface area contributed by atoms with Crippen molar-refractivity contribution in [3.8, 4) is 0 Å². The van der Waals surface area contributed by atoms with Crippen molar-refractivity contribution >= 4 is 0 Å². The first-order chi connectivity index (χ1) is 14.2. The molecular formula is C28H52N4Ti. The van der Waals surface area contributed by atoms with Gasteiger partial charge in [-0.15, -0.1) is 11.4 Å². The van der Waals surface area contributed by atoms with Gasteiger partial charge < -0.3 is 20.6 Å². The summed E-state index contributed by atoms with van der Waals surface area (Å²) in [6.45, 7) is 26.4. The van der Waals surface area contributed by atoms with E-state index in [2.05, 4.69) is 128 Å². The predicted molar refractivity (Wildman–Crippen MR) is 144 cm³/mol. The normalized spacial score (nSPS) is 11.6. The van der Waals surface area contributed by atoms with Gasteiger partial charge >= 0.3 is 21.7 Å². The van der Waals surface area contributed by atoms with E-state index in [1.165, 1.54) is 22.8 Å². The Morgan fingerprint density at radius 1 is 0.515 bits per heavy atom. The number of aromatic amines is 2. The minimum atomic E-state index is 0. The first-order valence-electron chi connectivity index (χ1n) is 11.4. The van der Waals surface area contributed by atoms with Crippen molar-refractivity contribution in [3.05, 3.63) is 57.7 Å². The van der Waals surface area contributed by atoms with Crippen LogP contribution in [0, 0.1) is 12.1 Å². The van der Waals surface area contributed by atoms with E-state index in [0.717, 1.165) is 0 Å². The van der Waals surface area contributed by atoms with Gasteiger partial charge in [-0.05, 0) is 10.8 Å². The molecule has 0 atom stereocenters. The second kappa shape index (κ2) is 15.2. The van der Waals surface area contributed by atoms with Crippen LogP contribution in [0.25, 0.3) is 10.6 Å². The molecule has 0 spiro atoms. The maximum atomic E-state index is 3.50. The van der Waals surface area contributed by atoms with Crippen molar-refractivity contribution in [1.82, 2.24) is 9.97 Å². The fourth-order valence-electron chi connectivity index (χ4n) is 2.32. The third-order valence-electron chi connectivity index (χ3n) is 4.36. The van der Waals surface area contributed by atoms with Gasteiger partial charge in [-0.3, -0.25) is 0 Å². The second-order valence-electron chi connectivity index (χ2n) is 12.3. The van der Waals surface area contributed by atoms with E-state index in [0.29, 0.717) is 0 Å². The van der Waals surface area contributed by atoms with Crippen molar-refractivity contribution < 1.29 is 21.7 Å². The predicted octanol–water partition coefficient (Wildman–Crippen LogP) is 8.06. The molecule has 0 aromatic carbocycles. The maximum absolute atomic E-state index is 3.50. The molecule has 2 heterocycles. The number of hydrogen-bond acceptors (Lipinski definition) is 0. The van der Waals surface area contributed by atoms with Crippen LogP contribution < -0.4 is 0 Å². The molecule has 0 fully saturated rings. The van der Waals surface area contributed by atoms with Gasteiger partial charge in [-0.25, -0.2) is 24.3 Å². The molecule has 0 radical (unpaired) electrons. The summed E-state index contributed by atoms with van der Waals surface area (Å²) in [6, 6.07) is 10.7. The van der Waals surface area contributed by atoms with Crippen LogP contribution in [0.3, 0.4) is 0 Å². The van der Waals surface area contributed by atoms with Crippen LogP contribution in [0.4, 0.5) is 0 Å². The van der Waals surface area contributed by atoms with E-state index in [-0.39, 0.29) is 43.4 Å². The summed E-state index contributed by atoms with van der Waals surface area (Å²) < 4.78 is 0. The molecule has 0 unspecified atom stereocenters. The molecule has 2 aromatic rings. The van der Waals surface area contributed by atoms with Crippen LogP contribution in [0.2, 0.25) is 0 Å². The van der Waals surface area contributed by atoms with Crippen molar-refractivity contribution in [1.29, 1.82) is 0 Å². The summed E-state index contributed by atoms with van der Waals surface area (Å²) in [7, 11) is 7.00. The zero-order valence-corrected chi connectivity index (χ0v) is 26.1. The topological polar surface area (TPSA) is 59.8 Å². The summed E-state index contributed by atoms with van der Waals surface area (Å²) in [5, 5.41) is 7.00. The molecule has 0 saturated heterocycles. The number of nitrogens with one attached hydrogen (secondary N) is 2. The third kappa shape index (κ3) is 15.7. The van der Waals surface area contributed by atoms with Crippen molar-refractivity contribution in [2.24, 2.45) is 0 Å². The van der Waals surface area contributed by atoms with E-state index in [1.54, 1.807) is 28.2 Å². The SMILES string of the molecule is CC(C)(C)c1[c-]cc(C(C)(C)C)[nH]1.CC(C)(C)c1[c-]cc(C(C)(C)C)[nH]1.C[N-]C.C[N-]C.[Ti+4]. The van der Waals surface area contributed by atoms with Crippen molar-refractivity contribution in [2.45, 2.75) is 105 Å². The van der Waals surface area contributed by atoms with Gasteiger partial charge in [-0.1, -0.05) is 105 Å². The Kier molecular flexibility index (Phi) is 17.0. The zero-order valence-electron chi connectivity index (χ0n) is 24.5. The van der Waals surface area contributed by atoms with Gasteiger partial charge in [0.2, 0.25) is 0 Å². The molecule has 188 valence electrons. The Bertz CT molecular complexity index is 608. The Labute approximate surface area is 221 Å². The molecule has 0 bridgehead atoms. The molecule has 2 aromatic heterocycles. The molecule has 2 N–H and O–H groups in total. The van der Waals surface area contributed by atoms with E-state index in [9.17, 15) is 0 Å². The average molecular weight is 493 g/mol. The van der Waals surface area contributed by atoms with Crippen LogP contribution in [-0.2, 0) is 43.4 Å². The molecule has 4 nitrogen and oxygen atoms in total. The fourth-order valence-corrected chi connectivity index (χ4v) is 2.32. The summed E-state index contributed by atoms with van der Waals surface area (Å²) in [5.41, 5.74) is 5.64. The first kappa shape index (κ1) is 36.8. The number of hydrogen-bond donors (Lipinski definition) is 2. The first-order valence-corrected chi connectivity index (χ1v) is 11.4. The Balaban J connectivity index is -0.000000430. The van der Waals surface area contributed by atoms with Gasteiger partial charge in [-0.2, -0.15) is 28.2 Å². The van der Waals surface area contributed by atoms with Crippen LogP contribution in [0.15, 0.2) is 12.1 Å². The van der Waals surface area contributed by atoms with Gasteiger partial charge in [0.05, 0.1) is 0 Å². The minimum absolute atomic E-state index is 0. The molecule has 33 heavy (non-hydrogen) atoms. The summed E-state index contributed by atoms with van der Waals surface area (Å²) in [4.78, 5) is 6.88. The number of H-pyrrole nitrogens is 2. The van der Waals surface area contributed by atoms with Gasteiger partial charge in [0, 0.05) is 0 Å². The largest absolute Gasteiger partial charge is 4.00 e. The molecule has 0 aliphatic carbocycles. The van der Waals surface area contributed by atoms with Crippen LogP contribution in [0.5, 0.6) is 0 Å². The minimum Gasteiger partial charge on any atom is -0.668 e. The van der Waals surface area contributed by atoms with E-state index >= 15 is 0 Å². The standard InChI is InChI=1S/2C12H20N.2C2H6N.Ti/c2*1-11(2,3)9-7-8-10(13-9)12(4,5)6;2*1-3-2;/h2*7,13H,1-6H3;2*1-2H3;/q4*-1;+4. The van der Waals surface area contributed by atoms with Gasteiger partial charge in [0.1, 0.15) is 0 Å². The smallest absolute Gasteiger partial charge is 0.668 e. The number of nitrogens with zero attached hydrogens (tertiary/aromatic N) is 2. The van der Waals surface area contributed by atoms with Crippen LogP contribution >= 0.6 is 0 Å². The molecule has 0 saturated carbocycles. The Hall–Kier alpha value is -0.806. The van der Waals surface area contributed by atoms with E-state index in [1.807, 2.05) is 0 Å². The molecular weight excluding hydrogens is 440 g/mol. The zero-order chi connectivity index (χ0) is 26.0. The van der Waals surface area contributed by atoms with Crippen LogP contribution in [-0.4, -0.2) is 38.2 Å². The third-order valence-corrected chi connectivity index (χ3v) is 4.36. The molecule has 0 aliphatic heterocycles. The average Bonchev–Trinajstić information content (AvgIpc) is 3.25. The number of rotatable bonds is 0. The fraction of sp³-hybridized carbons (Fsp3) is 0.714. The quantitative estimate of drug-likeness (QED) is 0.276. The summed E-state index contributed by atoms with van der Waals surface area (Å²) in [5.74, 6) is 0. The van der Waals surface area contributed by atoms with E-state index in [4.69, 9.17) is 0 Å².